The molecule has 6 nitrogen and oxygen atoms in total. The predicted octanol–water partition coefficient (Wildman–Crippen LogP) is 3.04. The van der Waals surface area contributed by atoms with E-state index in [2.05, 4.69) is 15.8 Å². The Morgan fingerprint density at radius 2 is 2.04 bits per heavy atom. The van der Waals surface area contributed by atoms with Crippen molar-refractivity contribution in [3.05, 3.63) is 48.2 Å². The predicted molar refractivity (Wildman–Crippen MR) is 89.6 cm³/mol. The summed E-state index contributed by atoms with van der Waals surface area (Å²) in [4.78, 5) is 0. The minimum Gasteiger partial charge on any atom is -0.454 e. The van der Waals surface area contributed by atoms with Crippen molar-refractivity contribution >= 4 is 33.9 Å². The molecule has 4 rings (SSSR count). The van der Waals surface area contributed by atoms with E-state index in [1.807, 2.05) is 36.4 Å². The lowest BCUT2D eigenvalue weighted by Crippen LogP contribution is -2.27. The van der Waals surface area contributed by atoms with Crippen LogP contribution in [0.4, 0.5) is 5.69 Å². The maximum absolute atomic E-state index is 5.36. The van der Waals surface area contributed by atoms with E-state index >= 15 is 0 Å². The van der Waals surface area contributed by atoms with Gasteiger partial charge in [-0.15, -0.1) is 0 Å². The van der Waals surface area contributed by atoms with Crippen molar-refractivity contribution in [1.82, 2.24) is 10.5 Å². The van der Waals surface area contributed by atoms with Crippen LogP contribution in [-0.2, 0) is 6.54 Å². The zero-order chi connectivity index (χ0) is 15.6. The maximum Gasteiger partial charge on any atom is 0.231 e. The quantitative estimate of drug-likeness (QED) is 0.717. The van der Waals surface area contributed by atoms with Gasteiger partial charge in [-0.2, -0.15) is 0 Å². The van der Waals surface area contributed by atoms with E-state index in [9.17, 15) is 0 Å². The highest BCUT2D eigenvalue weighted by atomic mass is 32.1. The van der Waals surface area contributed by atoms with Crippen LogP contribution in [0.5, 0.6) is 11.5 Å². The third-order valence-electron chi connectivity index (χ3n) is 3.51. The Labute approximate surface area is 137 Å². The molecular formula is C16H13N3O3S. The first-order valence-electron chi connectivity index (χ1n) is 7.05. The summed E-state index contributed by atoms with van der Waals surface area (Å²) >= 11 is 5.31. The minimum atomic E-state index is 0.275. The third-order valence-corrected chi connectivity index (χ3v) is 3.76. The second-order valence-corrected chi connectivity index (χ2v) is 5.49. The van der Waals surface area contributed by atoms with Crippen molar-refractivity contribution in [2.45, 2.75) is 6.54 Å². The fourth-order valence-corrected chi connectivity index (χ4v) is 2.54. The van der Waals surface area contributed by atoms with Crippen molar-refractivity contribution in [3.8, 4) is 11.5 Å². The van der Waals surface area contributed by atoms with Gasteiger partial charge in [-0.25, -0.2) is 0 Å². The molecule has 3 aromatic rings. The fraction of sp³-hybridized carbons (Fsp3) is 0.125. The number of aromatic nitrogens is 1. The van der Waals surface area contributed by atoms with Gasteiger partial charge < -0.3 is 24.6 Å². The largest absolute Gasteiger partial charge is 0.454 e. The van der Waals surface area contributed by atoms with Crippen LogP contribution in [0.3, 0.4) is 0 Å². The standard InChI is InChI=1S/C16H13N3O3S/c23-16(18-12-3-2-11-8-22-19-13(11)6-12)17-7-10-1-4-14-15(5-10)21-9-20-14/h1-6,8H,7,9H2,(H2,17,18,23). The van der Waals surface area contributed by atoms with E-state index in [1.165, 1.54) is 0 Å². The number of nitrogens with zero attached hydrogens (tertiary/aromatic N) is 1. The molecule has 0 atom stereocenters. The number of rotatable bonds is 3. The van der Waals surface area contributed by atoms with Crippen LogP contribution in [0.25, 0.3) is 10.9 Å². The molecule has 1 aliphatic rings. The Hall–Kier alpha value is -2.80. The first-order chi connectivity index (χ1) is 11.3. The van der Waals surface area contributed by atoms with Gasteiger partial charge in [0.25, 0.3) is 0 Å². The maximum atomic E-state index is 5.36. The highest BCUT2D eigenvalue weighted by Gasteiger charge is 2.13. The molecular weight excluding hydrogens is 314 g/mol. The van der Waals surface area contributed by atoms with Gasteiger partial charge in [-0.05, 0) is 48.1 Å². The molecule has 0 amide bonds. The highest BCUT2D eigenvalue weighted by Crippen LogP contribution is 2.32. The van der Waals surface area contributed by atoms with Gasteiger partial charge in [0.2, 0.25) is 6.79 Å². The Balaban J connectivity index is 1.38. The van der Waals surface area contributed by atoms with Gasteiger partial charge >= 0.3 is 0 Å². The zero-order valence-electron chi connectivity index (χ0n) is 12.0. The van der Waals surface area contributed by atoms with Crippen LogP contribution in [-0.4, -0.2) is 17.1 Å². The Morgan fingerprint density at radius 3 is 3.00 bits per heavy atom. The molecule has 2 N–H and O–H groups in total. The second-order valence-electron chi connectivity index (χ2n) is 5.08. The number of anilines is 1. The lowest BCUT2D eigenvalue weighted by atomic mass is 10.2. The molecule has 1 aromatic heterocycles. The molecule has 0 saturated heterocycles. The number of ether oxygens (including phenoxy) is 2. The molecule has 2 aromatic carbocycles. The number of fused-ring (bicyclic) bond motifs is 2. The smallest absolute Gasteiger partial charge is 0.231 e. The molecule has 0 aliphatic carbocycles. The third kappa shape index (κ3) is 2.91. The fourth-order valence-electron chi connectivity index (χ4n) is 2.35. The molecule has 0 bridgehead atoms. The summed E-state index contributed by atoms with van der Waals surface area (Å²) in [6.07, 6.45) is 1.61. The number of hydrogen-bond donors (Lipinski definition) is 2. The summed E-state index contributed by atoms with van der Waals surface area (Å²) in [5.74, 6) is 1.54. The molecule has 116 valence electrons. The Morgan fingerprint density at radius 1 is 1.13 bits per heavy atom. The van der Waals surface area contributed by atoms with Gasteiger partial charge in [0.1, 0.15) is 11.8 Å². The number of benzene rings is 2. The SMILES string of the molecule is S=C(NCc1ccc2c(c1)OCO2)Nc1ccc2conc2c1. The van der Waals surface area contributed by atoms with Crippen molar-refractivity contribution in [3.63, 3.8) is 0 Å². The topological polar surface area (TPSA) is 68.5 Å². The second kappa shape index (κ2) is 5.77. The first kappa shape index (κ1) is 13.8. The number of thiocarbonyl (C=S) groups is 1. The van der Waals surface area contributed by atoms with E-state index in [1.54, 1.807) is 6.26 Å². The van der Waals surface area contributed by atoms with E-state index < -0.39 is 0 Å². The lowest BCUT2D eigenvalue weighted by molar-refractivity contribution is 0.174. The summed E-state index contributed by atoms with van der Waals surface area (Å²) in [7, 11) is 0. The number of hydrogen-bond acceptors (Lipinski definition) is 5. The summed E-state index contributed by atoms with van der Waals surface area (Å²) in [5.41, 5.74) is 2.70. The van der Waals surface area contributed by atoms with Gasteiger partial charge in [0.05, 0.1) is 0 Å². The highest BCUT2D eigenvalue weighted by molar-refractivity contribution is 7.80. The summed E-state index contributed by atoms with van der Waals surface area (Å²) < 4.78 is 15.6. The van der Waals surface area contributed by atoms with Crippen LogP contribution in [0.1, 0.15) is 5.56 Å². The molecule has 0 saturated carbocycles. The average Bonchev–Trinajstić information content (AvgIpc) is 3.20. The van der Waals surface area contributed by atoms with Gasteiger partial charge in [0.15, 0.2) is 16.6 Å². The van der Waals surface area contributed by atoms with E-state index in [4.69, 9.17) is 26.2 Å². The molecule has 2 heterocycles. The molecule has 0 radical (unpaired) electrons. The summed E-state index contributed by atoms with van der Waals surface area (Å²) in [6.45, 7) is 0.866. The monoisotopic (exact) mass is 327 g/mol. The van der Waals surface area contributed by atoms with Crippen LogP contribution >= 0.6 is 12.2 Å². The summed E-state index contributed by atoms with van der Waals surface area (Å²) in [6, 6.07) is 11.5. The van der Waals surface area contributed by atoms with Crippen LogP contribution in [0, 0.1) is 0 Å². The van der Waals surface area contributed by atoms with Crippen molar-refractivity contribution in [2.75, 3.05) is 12.1 Å². The zero-order valence-corrected chi connectivity index (χ0v) is 12.9. The van der Waals surface area contributed by atoms with E-state index in [-0.39, 0.29) is 6.79 Å². The first-order valence-corrected chi connectivity index (χ1v) is 7.46. The van der Waals surface area contributed by atoms with Crippen molar-refractivity contribution < 1.29 is 14.0 Å². The molecule has 23 heavy (non-hydrogen) atoms. The normalized spacial score (nSPS) is 12.3. The van der Waals surface area contributed by atoms with E-state index in [0.29, 0.717) is 11.7 Å². The number of nitrogens with one attached hydrogen (secondary N) is 2. The van der Waals surface area contributed by atoms with Crippen LogP contribution in [0.15, 0.2) is 47.2 Å². The van der Waals surface area contributed by atoms with Gasteiger partial charge in [-0.1, -0.05) is 11.2 Å². The van der Waals surface area contributed by atoms with Crippen molar-refractivity contribution in [2.24, 2.45) is 0 Å². The minimum absolute atomic E-state index is 0.275. The van der Waals surface area contributed by atoms with Crippen LogP contribution < -0.4 is 20.1 Å². The molecule has 7 heteroatoms. The molecule has 1 aliphatic heterocycles. The van der Waals surface area contributed by atoms with Gasteiger partial charge in [-0.3, -0.25) is 0 Å². The molecule has 0 unspecified atom stereocenters. The van der Waals surface area contributed by atoms with Crippen LogP contribution in [0.2, 0.25) is 0 Å². The summed E-state index contributed by atoms with van der Waals surface area (Å²) in [5, 5.41) is 11.7. The Kier molecular flexibility index (Phi) is 3.47. The van der Waals surface area contributed by atoms with E-state index in [0.717, 1.165) is 33.7 Å². The van der Waals surface area contributed by atoms with Crippen molar-refractivity contribution in [1.29, 1.82) is 0 Å². The molecule has 0 fully saturated rings. The average molecular weight is 327 g/mol. The lowest BCUT2D eigenvalue weighted by Gasteiger charge is -2.11. The molecule has 0 spiro atoms. The van der Waals surface area contributed by atoms with Gasteiger partial charge in [0, 0.05) is 17.6 Å². The Bertz CT molecular complexity index is 878.